The third kappa shape index (κ3) is 3.56. The Morgan fingerprint density at radius 2 is 1.92 bits per heavy atom. The lowest BCUT2D eigenvalue weighted by Gasteiger charge is -2.34. The normalized spacial score (nSPS) is 15.5. The smallest absolute Gasteiger partial charge is 0.255 e. The number of β-amino-alcohol motifs (C(OH)–C–C–N with tert-alkyl or cyclic N) is 1. The Kier molecular flexibility index (Phi) is 4.98. The number of aliphatic hydroxyl groups is 1. The van der Waals surface area contributed by atoms with Crippen LogP contribution in [-0.4, -0.2) is 42.9 Å². The number of carbonyl (C=O) groups is 1. The Bertz CT molecular complexity index is 955. The maximum absolute atomic E-state index is 13.4. The predicted molar refractivity (Wildman–Crippen MR) is 90.5 cm³/mol. The molecule has 1 heterocycles. The number of anilines is 1. The average molecular weight is 403 g/mol. The van der Waals surface area contributed by atoms with Gasteiger partial charge in [-0.05, 0) is 24.3 Å². The van der Waals surface area contributed by atoms with Gasteiger partial charge in [-0.1, -0.05) is 17.7 Å². The van der Waals surface area contributed by atoms with E-state index in [1.165, 1.54) is 18.2 Å². The van der Waals surface area contributed by atoms with Gasteiger partial charge in [0.2, 0.25) is 10.0 Å². The number of carbonyl (C=O) groups excluding carboxylic acids is 1. The quantitative estimate of drug-likeness (QED) is 0.768. The number of amides is 1. The molecule has 26 heavy (non-hydrogen) atoms. The van der Waals surface area contributed by atoms with Gasteiger partial charge in [-0.3, -0.25) is 4.79 Å². The average Bonchev–Trinajstić information content (AvgIpc) is 2.56. The van der Waals surface area contributed by atoms with Crippen molar-refractivity contribution in [2.45, 2.75) is 11.0 Å². The molecule has 0 unspecified atom stereocenters. The summed E-state index contributed by atoms with van der Waals surface area (Å²) < 4.78 is 52.4. The van der Waals surface area contributed by atoms with Gasteiger partial charge in [-0.2, -0.15) is 4.31 Å². The number of halogens is 3. The number of sulfonamides is 1. The second-order valence-electron chi connectivity index (χ2n) is 5.71. The summed E-state index contributed by atoms with van der Waals surface area (Å²) in [7, 11) is -3.82. The molecule has 0 atom stereocenters. The topological polar surface area (TPSA) is 86.7 Å². The molecule has 138 valence electrons. The molecule has 2 N–H and O–H groups in total. The van der Waals surface area contributed by atoms with E-state index in [0.29, 0.717) is 0 Å². The SMILES string of the molecule is O=C(Nc1cc(F)c(F)c(Cl)c1)c1cccc(S(=O)(=O)N2CC(O)C2)c1. The van der Waals surface area contributed by atoms with Crippen molar-refractivity contribution in [1.29, 1.82) is 0 Å². The van der Waals surface area contributed by atoms with Crippen LogP contribution in [0.2, 0.25) is 5.02 Å². The first kappa shape index (κ1) is 18.7. The summed E-state index contributed by atoms with van der Waals surface area (Å²) in [5.41, 5.74) is -0.0639. The molecular formula is C16H13ClF2N2O4S. The summed E-state index contributed by atoms with van der Waals surface area (Å²) in [5, 5.41) is 11.1. The Balaban J connectivity index is 1.83. The highest BCUT2D eigenvalue weighted by atomic mass is 35.5. The third-order valence-corrected chi connectivity index (χ3v) is 5.91. The van der Waals surface area contributed by atoms with Gasteiger partial charge in [0.25, 0.3) is 5.91 Å². The third-order valence-electron chi connectivity index (χ3n) is 3.80. The fraction of sp³-hybridized carbons (Fsp3) is 0.188. The minimum Gasteiger partial charge on any atom is -0.390 e. The van der Waals surface area contributed by atoms with Crippen molar-refractivity contribution in [1.82, 2.24) is 4.31 Å². The van der Waals surface area contributed by atoms with Crippen molar-refractivity contribution in [3.05, 3.63) is 58.6 Å². The molecule has 0 aromatic heterocycles. The number of aliphatic hydroxyl groups excluding tert-OH is 1. The van der Waals surface area contributed by atoms with E-state index in [0.717, 1.165) is 22.5 Å². The molecule has 6 nitrogen and oxygen atoms in total. The van der Waals surface area contributed by atoms with Gasteiger partial charge in [0, 0.05) is 30.4 Å². The zero-order chi connectivity index (χ0) is 19.1. The molecule has 1 fully saturated rings. The Labute approximate surface area is 153 Å². The van der Waals surface area contributed by atoms with Crippen LogP contribution in [0.4, 0.5) is 14.5 Å². The minimum absolute atomic E-state index is 0.00741. The summed E-state index contributed by atoms with van der Waals surface area (Å²) in [4.78, 5) is 12.2. The fourth-order valence-corrected chi connectivity index (χ4v) is 4.16. The molecule has 0 bridgehead atoms. The van der Waals surface area contributed by atoms with E-state index in [1.54, 1.807) is 0 Å². The molecule has 3 rings (SSSR count). The molecule has 1 aliphatic heterocycles. The molecule has 2 aromatic rings. The molecule has 0 spiro atoms. The molecule has 2 aromatic carbocycles. The second kappa shape index (κ2) is 6.92. The molecule has 0 aliphatic carbocycles. The van der Waals surface area contributed by atoms with Crippen molar-refractivity contribution in [3.8, 4) is 0 Å². The first-order chi connectivity index (χ1) is 12.2. The highest BCUT2D eigenvalue weighted by Gasteiger charge is 2.35. The van der Waals surface area contributed by atoms with Crippen LogP contribution in [0.3, 0.4) is 0 Å². The van der Waals surface area contributed by atoms with E-state index in [-0.39, 0.29) is 29.2 Å². The number of nitrogens with one attached hydrogen (secondary N) is 1. The summed E-state index contributed by atoms with van der Waals surface area (Å²) >= 11 is 5.53. The van der Waals surface area contributed by atoms with E-state index in [9.17, 15) is 27.1 Å². The molecule has 10 heteroatoms. The molecule has 1 amide bonds. The van der Waals surface area contributed by atoms with Gasteiger partial charge >= 0.3 is 0 Å². The van der Waals surface area contributed by atoms with E-state index in [4.69, 9.17) is 11.6 Å². The zero-order valence-electron chi connectivity index (χ0n) is 13.1. The summed E-state index contributed by atoms with van der Waals surface area (Å²) in [6, 6.07) is 7.06. The van der Waals surface area contributed by atoms with Crippen LogP contribution in [0.15, 0.2) is 41.3 Å². The summed E-state index contributed by atoms with van der Waals surface area (Å²) in [5.74, 6) is -3.16. The number of rotatable bonds is 4. The molecule has 0 radical (unpaired) electrons. The summed E-state index contributed by atoms with van der Waals surface area (Å²) in [6.45, 7) is -0.0156. The number of hydrogen-bond donors (Lipinski definition) is 2. The van der Waals surface area contributed by atoms with Gasteiger partial charge in [0.15, 0.2) is 11.6 Å². The van der Waals surface area contributed by atoms with Crippen LogP contribution in [-0.2, 0) is 10.0 Å². The fourth-order valence-electron chi connectivity index (χ4n) is 2.39. The Hall–Kier alpha value is -2.07. The number of hydrogen-bond acceptors (Lipinski definition) is 4. The van der Waals surface area contributed by atoms with E-state index in [2.05, 4.69) is 5.32 Å². The van der Waals surface area contributed by atoms with Gasteiger partial charge in [-0.25, -0.2) is 17.2 Å². The van der Waals surface area contributed by atoms with Crippen molar-refractivity contribution in [2.24, 2.45) is 0 Å². The first-order valence-electron chi connectivity index (χ1n) is 7.42. The Morgan fingerprint density at radius 3 is 2.54 bits per heavy atom. The number of nitrogens with zero attached hydrogens (tertiary/aromatic N) is 1. The predicted octanol–water partition coefficient (Wildman–Crippen LogP) is 2.24. The Morgan fingerprint density at radius 1 is 1.23 bits per heavy atom. The van der Waals surface area contributed by atoms with E-state index in [1.807, 2.05) is 0 Å². The summed E-state index contributed by atoms with van der Waals surface area (Å²) in [6.07, 6.45) is -0.700. The maximum atomic E-state index is 13.4. The molecule has 0 saturated carbocycles. The van der Waals surface area contributed by atoms with Crippen LogP contribution >= 0.6 is 11.6 Å². The van der Waals surface area contributed by atoms with Crippen LogP contribution < -0.4 is 5.32 Å². The largest absolute Gasteiger partial charge is 0.390 e. The second-order valence-corrected chi connectivity index (χ2v) is 8.06. The van der Waals surface area contributed by atoms with Crippen LogP contribution in [0, 0.1) is 11.6 Å². The molecule has 1 aliphatic rings. The van der Waals surface area contributed by atoms with Crippen LogP contribution in [0.1, 0.15) is 10.4 Å². The minimum atomic E-state index is -3.82. The molecule has 1 saturated heterocycles. The maximum Gasteiger partial charge on any atom is 0.255 e. The first-order valence-corrected chi connectivity index (χ1v) is 9.24. The van der Waals surface area contributed by atoms with Crippen molar-refractivity contribution in [2.75, 3.05) is 18.4 Å². The lowest BCUT2D eigenvalue weighted by molar-refractivity contribution is 0.0548. The van der Waals surface area contributed by atoms with Crippen molar-refractivity contribution >= 4 is 33.2 Å². The molecular weight excluding hydrogens is 390 g/mol. The zero-order valence-corrected chi connectivity index (χ0v) is 14.7. The van der Waals surface area contributed by atoms with Crippen LogP contribution in [0.25, 0.3) is 0 Å². The van der Waals surface area contributed by atoms with Gasteiger partial charge < -0.3 is 10.4 Å². The van der Waals surface area contributed by atoms with E-state index < -0.39 is 38.7 Å². The lowest BCUT2D eigenvalue weighted by atomic mass is 10.2. The van der Waals surface area contributed by atoms with Crippen molar-refractivity contribution in [3.63, 3.8) is 0 Å². The van der Waals surface area contributed by atoms with E-state index >= 15 is 0 Å². The highest BCUT2D eigenvalue weighted by molar-refractivity contribution is 7.89. The van der Waals surface area contributed by atoms with Crippen molar-refractivity contribution < 1.29 is 27.1 Å². The monoisotopic (exact) mass is 402 g/mol. The van der Waals surface area contributed by atoms with Gasteiger partial charge in [0.1, 0.15) is 0 Å². The lowest BCUT2D eigenvalue weighted by Crippen LogP contribution is -2.53. The highest BCUT2D eigenvalue weighted by Crippen LogP contribution is 2.25. The van der Waals surface area contributed by atoms with Crippen LogP contribution in [0.5, 0.6) is 0 Å². The van der Waals surface area contributed by atoms with Gasteiger partial charge in [-0.15, -0.1) is 0 Å². The number of benzene rings is 2. The van der Waals surface area contributed by atoms with Gasteiger partial charge in [0.05, 0.1) is 16.0 Å². The standard InChI is InChI=1S/C16H13ClF2N2O4S/c17-13-5-10(6-14(18)15(13)19)20-16(23)9-2-1-3-12(4-9)26(24,25)21-7-11(22)8-21/h1-6,11,22H,7-8H2,(H,20,23).